The number of hydrogen-bond donors (Lipinski definition) is 1. The van der Waals surface area contributed by atoms with E-state index < -0.39 is 29.3 Å². The highest BCUT2D eigenvalue weighted by atomic mass is 16.6. The Labute approximate surface area is 124 Å². The van der Waals surface area contributed by atoms with E-state index >= 15 is 0 Å². The standard InChI is InChI=1S/C13H24N4O4/c1-12(2,3)20-10(18)7-9(8-15-17-14)16-11(19)21-13(4,5)6/h9H,7-8H2,1-6H3,(H,16,19)/t9-/m1/s1. The molecule has 0 fully saturated rings. The lowest BCUT2D eigenvalue weighted by Crippen LogP contribution is -2.42. The molecule has 8 nitrogen and oxygen atoms in total. The normalized spacial score (nSPS) is 12.9. The van der Waals surface area contributed by atoms with E-state index in [9.17, 15) is 9.59 Å². The monoisotopic (exact) mass is 300 g/mol. The molecule has 0 bridgehead atoms. The third-order valence-corrected chi connectivity index (χ3v) is 1.92. The first-order valence-electron chi connectivity index (χ1n) is 6.65. The first kappa shape index (κ1) is 19.1. The van der Waals surface area contributed by atoms with Gasteiger partial charge in [0.05, 0.1) is 6.42 Å². The van der Waals surface area contributed by atoms with Crippen molar-refractivity contribution in [1.82, 2.24) is 5.32 Å². The average Bonchev–Trinajstić information content (AvgIpc) is 2.20. The van der Waals surface area contributed by atoms with Gasteiger partial charge in [-0.05, 0) is 47.1 Å². The van der Waals surface area contributed by atoms with Crippen molar-refractivity contribution in [2.45, 2.75) is 65.2 Å². The van der Waals surface area contributed by atoms with Gasteiger partial charge in [0.2, 0.25) is 0 Å². The minimum Gasteiger partial charge on any atom is -0.460 e. The summed E-state index contributed by atoms with van der Waals surface area (Å²) in [7, 11) is 0. The molecule has 0 unspecified atom stereocenters. The lowest BCUT2D eigenvalue weighted by atomic mass is 10.1. The molecule has 1 N–H and O–H groups in total. The van der Waals surface area contributed by atoms with Gasteiger partial charge in [-0.1, -0.05) is 5.11 Å². The number of azide groups is 1. The van der Waals surface area contributed by atoms with Crippen molar-refractivity contribution in [2.75, 3.05) is 6.54 Å². The fourth-order valence-corrected chi connectivity index (χ4v) is 1.35. The molecule has 0 aliphatic carbocycles. The van der Waals surface area contributed by atoms with Crippen molar-refractivity contribution in [1.29, 1.82) is 0 Å². The van der Waals surface area contributed by atoms with Gasteiger partial charge in [-0.2, -0.15) is 0 Å². The van der Waals surface area contributed by atoms with Crippen LogP contribution >= 0.6 is 0 Å². The predicted octanol–water partition coefficient (Wildman–Crippen LogP) is 2.92. The molecule has 0 aromatic rings. The zero-order valence-electron chi connectivity index (χ0n) is 13.5. The van der Waals surface area contributed by atoms with Crippen molar-refractivity contribution in [3.8, 4) is 0 Å². The topological polar surface area (TPSA) is 113 Å². The number of hydrogen-bond acceptors (Lipinski definition) is 5. The summed E-state index contributed by atoms with van der Waals surface area (Å²) in [6, 6.07) is -0.675. The minimum absolute atomic E-state index is 0.0605. The fourth-order valence-electron chi connectivity index (χ4n) is 1.35. The molecule has 0 saturated heterocycles. The predicted molar refractivity (Wildman–Crippen MR) is 77.6 cm³/mol. The van der Waals surface area contributed by atoms with Crippen LogP contribution in [0.15, 0.2) is 5.11 Å². The number of alkyl carbamates (subject to hydrolysis) is 1. The van der Waals surface area contributed by atoms with E-state index in [1.807, 2.05) is 0 Å². The van der Waals surface area contributed by atoms with E-state index in [0.717, 1.165) is 0 Å². The fraction of sp³-hybridized carbons (Fsp3) is 0.846. The molecule has 0 spiro atoms. The summed E-state index contributed by atoms with van der Waals surface area (Å²) in [6.45, 7) is 10.3. The number of amides is 1. The quantitative estimate of drug-likeness (QED) is 0.364. The summed E-state index contributed by atoms with van der Waals surface area (Å²) in [5.74, 6) is -0.489. The lowest BCUT2D eigenvalue weighted by molar-refractivity contribution is -0.155. The van der Waals surface area contributed by atoms with Crippen LogP contribution in [-0.4, -0.2) is 35.9 Å². The average molecular weight is 300 g/mol. The van der Waals surface area contributed by atoms with Gasteiger partial charge in [0.1, 0.15) is 11.2 Å². The van der Waals surface area contributed by atoms with Crippen LogP contribution in [0.3, 0.4) is 0 Å². The number of nitrogens with zero attached hydrogens (tertiary/aromatic N) is 3. The zero-order valence-corrected chi connectivity index (χ0v) is 13.5. The van der Waals surface area contributed by atoms with Gasteiger partial charge in [0.25, 0.3) is 0 Å². The Kier molecular flexibility index (Phi) is 7.01. The van der Waals surface area contributed by atoms with E-state index in [2.05, 4.69) is 15.3 Å². The van der Waals surface area contributed by atoms with E-state index in [-0.39, 0.29) is 13.0 Å². The van der Waals surface area contributed by atoms with Crippen LogP contribution < -0.4 is 5.32 Å². The number of nitrogens with one attached hydrogen (secondary N) is 1. The van der Waals surface area contributed by atoms with E-state index in [4.69, 9.17) is 15.0 Å². The molecular formula is C13H24N4O4. The Morgan fingerprint density at radius 1 is 1.14 bits per heavy atom. The molecule has 0 heterocycles. The highest BCUT2D eigenvalue weighted by Crippen LogP contribution is 2.11. The Morgan fingerprint density at radius 3 is 2.10 bits per heavy atom. The summed E-state index contributed by atoms with van der Waals surface area (Å²) < 4.78 is 10.3. The Hall–Kier alpha value is -1.95. The van der Waals surface area contributed by atoms with Crippen LogP contribution in [0.5, 0.6) is 0 Å². The number of ether oxygens (including phenoxy) is 2. The SMILES string of the molecule is CC(C)(C)OC(=O)C[C@H](CN=[N+]=[N-])NC(=O)OC(C)(C)C. The first-order valence-corrected chi connectivity index (χ1v) is 6.65. The van der Waals surface area contributed by atoms with Crippen molar-refractivity contribution in [3.05, 3.63) is 10.4 Å². The molecule has 0 rings (SSSR count). The molecule has 120 valence electrons. The molecule has 0 aliphatic heterocycles. The Bertz CT molecular complexity index is 387. The van der Waals surface area contributed by atoms with E-state index in [1.54, 1.807) is 41.5 Å². The summed E-state index contributed by atoms with van der Waals surface area (Å²) in [4.78, 5) is 26.0. The Balaban J connectivity index is 4.62. The molecule has 0 aromatic heterocycles. The zero-order chi connectivity index (χ0) is 16.7. The van der Waals surface area contributed by atoms with Crippen LogP contribution in [0, 0.1) is 0 Å². The molecule has 21 heavy (non-hydrogen) atoms. The molecule has 1 atom stereocenters. The van der Waals surface area contributed by atoms with E-state index in [0.29, 0.717) is 0 Å². The third kappa shape index (κ3) is 11.6. The second kappa shape index (κ2) is 7.73. The summed E-state index contributed by atoms with van der Waals surface area (Å²) in [5.41, 5.74) is 7.08. The second-order valence-electron chi connectivity index (χ2n) is 6.55. The number of carbonyl (C=O) groups is 2. The number of esters is 1. The van der Waals surface area contributed by atoms with Crippen LogP contribution in [0.1, 0.15) is 48.0 Å². The van der Waals surface area contributed by atoms with Gasteiger partial charge in [-0.15, -0.1) is 0 Å². The van der Waals surface area contributed by atoms with Gasteiger partial charge < -0.3 is 14.8 Å². The van der Waals surface area contributed by atoms with Crippen molar-refractivity contribution in [2.24, 2.45) is 5.11 Å². The Morgan fingerprint density at radius 2 is 1.67 bits per heavy atom. The van der Waals surface area contributed by atoms with Gasteiger partial charge in [-0.3, -0.25) is 4.79 Å². The maximum Gasteiger partial charge on any atom is 0.407 e. The number of rotatable bonds is 5. The maximum absolute atomic E-state index is 11.7. The first-order chi connectivity index (χ1) is 9.43. The van der Waals surface area contributed by atoms with E-state index in [1.165, 1.54) is 0 Å². The van der Waals surface area contributed by atoms with Crippen LogP contribution in [0.25, 0.3) is 10.4 Å². The molecule has 1 amide bonds. The van der Waals surface area contributed by atoms with Crippen molar-refractivity contribution in [3.63, 3.8) is 0 Å². The second-order valence-corrected chi connectivity index (χ2v) is 6.55. The largest absolute Gasteiger partial charge is 0.460 e. The molecular weight excluding hydrogens is 276 g/mol. The van der Waals surface area contributed by atoms with Gasteiger partial charge in [0, 0.05) is 17.5 Å². The molecule has 0 radical (unpaired) electrons. The van der Waals surface area contributed by atoms with Crippen LogP contribution in [0.4, 0.5) is 4.79 Å². The summed E-state index contributed by atoms with van der Waals surface area (Å²) in [6.07, 6.45) is -0.778. The molecule has 0 aliphatic rings. The molecule has 0 aromatic carbocycles. The van der Waals surface area contributed by atoms with Crippen molar-refractivity contribution < 1.29 is 19.1 Å². The maximum atomic E-state index is 11.7. The smallest absolute Gasteiger partial charge is 0.407 e. The molecule has 8 heteroatoms. The van der Waals surface area contributed by atoms with Crippen LogP contribution in [0.2, 0.25) is 0 Å². The van der Waals surface area contributed by atoms with Crippen LogP contribution in [-0.2, 0) is 14.3 Å². The van der Waals surface area contributed by atoms with Gasteiger partial charge in [0.15, 0.2) is 0 Å². The lowest BCUT2D eigenvalue weighted by Gasteiger charge is -2.24. The molecule has 0 saturated carbocycles. The van der Waals surface area contributed by atoms with Crippen molar-refractivity contribution >= 4 is 12.1 Å². The minimum atomic E-state index is -0.677. The summed E-state index contributed by atoms with van der Waals surface area (Å²) in [5, 5.41) is 5.87. The third-order valence-electron chi connectivity index (χ3n) is 1.92. The number of carbonyl (C=O) groups excluding carboxylic acids is 2. The highest BCUT2D eigenvalue weighted by molar-refractivity contribution is 5.73. The van der Waals surface area contributed by atoms with Gasteiger partial charge in [-0.25, -0.2) is 4.79 Å². The summed E-state index contributed by atoms with van der Waals surface area (Å²) >= 11 is 0. The highest BCUT2D eigenvalue weighted by Gasteiger charge is 2.23. The van der Waals surface area contributed by atoms with Gasteiger partial charge >= 0.3 is 12.1 Å².